The number of hydrogen-bond donors (Lipinski definition) is 1. The molecule has 1 N–H and O–H groups in total. The molecule has 0 aromatic rings. The van der Waals surface area contributed by atoms with E-state index in [4.69, 9.17) is 5.11 Å². The van der Waals surface area contributed by atoms with Crippen molar-refractivity contribution in [2.75, 3.05) is 6.61 Å². The molecule has 0 radical (unpaired) electrons. The summed E-state index contributed by atoms with van der Waals surface area (Å²) >= 11 is 0. The summed E-state index contributed by atoms with van der Waals surface area (Å²) in [6.45, 7) is 1.57. The van der Waals surface area contributed by atoms with Gasteiger partial charge in [-0.15, -0.1) is 0 Å². The number of likely N-dealkylation sites (tertiary alicyclic amines) is 1. The van der Waals surface area contributed by atoms with E-state index in [-0.39, 0.29) is 36.3 Å². The molecular formula is C11H17NO3. The number of amides is 2. The molecular weight excluding hydrogens is 194 g/mol. The molecule has 0 aromatic carbocycles. The van der Waals surface area contributed by atoms with Crippen LogP contribution < -0.4 is 0 Å². The molecule has 15 heavy (non-hydrogen) atoms. The van der Waals surface area contributed by atoms with E-state index < -0.39 is 0 Å². The third-order valence-electron chi connectivity index (χ3n) is 3.58. The van der Waals surface area contributed by atoms with Crippen molar-refractivity contribution < 1.29 is 14.7 Å². The highest BCUT2D eigenvalue weighted by Crippen LogP contribution is 2.38. The van der Waals surface area contributed by atoms with E-state index in [0.29, 0.717) is 0 Å². The maximum Gasteiger partial charge on any atom is 0.233 e. The average Bonchev–Trinajstić information content (AvgIpc) is 2.52. The van der Waals surface area contributed by atoms with Crippen LogP contribution in [0.2, 0.25) is 0 Å². The van der Waals surface area contributed by atoms with Gasteiger partial charge in [-0.3, -0.25) is 14.5 Å². The van der Waals surface area contributed by atoms with E-state index in [1.54, 1.807) is 6.92 Å². The molecule has 1 aliphatic carbocycles. The maximum absolute atomic E-state index is 11.9. The van der Waals surface area contributed by atoms with Gasteiger partial charge >= 0.3 is 0 Å². The molecule has 2 fully saturated rings. The molecule has 3 atom stereocenters. The fraction of sp³-hybridized carbons (Fsp3) is 0.818. The molecule has 1 saturated carbocycles. The minimum Gasteiger partial charge on any atom is -0.394 e. The smallest absolute Gasteiger partial charge is 0.233 e. The highest BCUT2D eigenvalue weighted by atomic mass is 16.3. The second-order valence-electron chi connectivity index (χ2n) is 4.58. The fourth-order valence-electron chi connectivity index (χ4n) is 2.70. The van der Waals surface area contributed by atoms with E-state index in [2.05, 4.69) is 0 Å². The Kier molecular flexibility index (Phi) is 2.78. The standard InChI is InChI=1S/C11H17NO3/c1-7(6-13)12-10(14)8-4-2-3-5-9(8)11(12)15/h7-9,13H,2-6H2,1H3/t7-,8?,9?/m1/s1. The van der Waals surface area contributed by atoms with Crippen molar-refractivity contribution in [2.24, 2.45) is 11.8 Å². The van der Waals surface area contributed by atoms with Crippen LogP contribution in [-0.2, 0) is 9.59 Å². The maximum atomic E-state index is 11.9. The first-order valence-electron chi connectivity index (χ1n) is 5.64. The molecule has 2 amide bonds. The van der Waals surface area contributed by atoms with E-state index >= 15 is 0 Å². The van der Waals surface area contributed by atoms with Gasteiger partial charge in [0, 0.05) is 0 Å². The Labute approximate surface area is 89.3 Å². The summed E-state index contributed by atoms with van der Waals surface area (Å²) in [5.74, 6) is -0.321. The van der Waals surface area contributed by atoms with Gasteiger partial charge in [-0.05, 0) is 19.8 Å². The van der Waals surface area contributed by atoms with Crippen LogP contribution in [0.15, 0.2) is 0 Å². The van der Waals surface area contributed by atoms with Crippen LogP contribution in [-0.4, -0.2) is 34.5 Å². The summed E-state index contributed by atoms with van der Waals surface area (Å²) in [5, 5.41) is 9.02. The van der Waals surface area contributed by atoms with E-state index in [9.17, 15) is 9.59 Å². The minimum atomic E-state index is -0.365. The lowest BCUT2D eigenvalue weighted by atomic mass is 9.81. The molecule has 2 unspecified atom stereocenters. The van der Waals surface area contributed by atoms with Crippen molar-refractivity contribution >= 4 is 11.8 Å². The van der Waals surface area contributed by atoms with Crippen molar-refractivity contribution in [1.82, 2.24) is 4.90 Å². The van der Waals surface area contributed by atoms with Crippen LogP contribution in [0.5, 0.6) is 0 Å². The summed E-state index contributed by atoms with van der Waals surface area (Å²) in [5.41, 5.74) is 0. The van der Waals surface area contributed by atoms with Gasteiger partial charge in [-0.25, -0.2) is 0 Å². The first-order chi connectivity index (χ1) is 7.16. The van der Waals surface area contributed by atoms with Crippen molar-refractivity contribution in [3.05, 3.63) is 0 Å². The second-order valence-corrected chi connectivity index (χ2v) is 4.58. The monoisotopic (exact) mass is 211 g/mol. The molecule has 1 saturated heterocycles. The third-order valence-corrected chi connectivity index (χ3v) is 3.58. The van der Waals surface area contributed by atoms with Crippen LogP contribution in [0.25, 0.3) is 0 Å². The van der Waals surface area contributed by atoms with Crippen LogP contribution in [0.4, 0.5) is 0 Å². The summed E-state index contributed by atoms with van der Waals surface area (Å²) < 4.78 is 0. The zero-order chi connectivity index (χ0) is 11.0. The fourth-order valence-corrected chi connectivity index (χ4v) is 2.70. The van der Waals surface area contributed by atoms with Crippen LogP contribution in [0.1, 0.15) is 32.6 Å². The molecule has 84 valence electrons. The number of fused-ring (bicyclic) bond motifs is 1. The van der Waals surface area contributed by atoms with Crippen LogP contribution in [0, 0.1) is 11.8 Å². The number of aliphatic hydroxyl groups excluding tert-OH is 1. The Morgan fingerprint density at radius 1 is 1.27 bits per heavy atom. The molecule has 0 aromatic heterocycles. The van der Waals surface area contributed by atoms with Crippen molar-refractivity contribution in [1.29, 1.82) is 0 Å². The highest BCUT2D eigenvalue weighted by Gasteiger charge is 2.49. The van der Waals surface area contributed by atoms with Crippen molar-refractivity contribution in [3.63, 3.8) is 0 Å². The first-order valence-corrected chi connectivity index (χ1v) is 5.64. The topological polar surface area (TPSA) is 57.6 Å². The highest BCUT2D eigenvalue weighted by molar-refractivity contribution is 6.05. The summed E-state index contributed by atoms with van der Waals surface area (Å²) in [6, 6.07) is -0.365. The zero-order valence-corrected chi connectivity index (χ0v) is 8.98. The number of aliphatic hydroxyl groups is 1. The van der Waals surface area contributed by atoms with Crippen molar-refractivity contribution in [3.8, 4) is 0 Å². The van der Waals surface area contributed by atoms with Gasteiger partial charge in [0.15, 0.2) is 0 Å². The van der Waals surface area contributed by atoms with Crippen LogP contribution in [0.3, 0.4) is 0 Å². The number of imide groups is 1. The largest absolute Gasteiger partial charge is 0.394 e. The van der Waals surface area contributed by atoms with Gasteiger partial charge in [-0.1, -0.05) is 12.8 Å². The predicted octanol–water partition coefficient (Wildman–Crippen LogP) is 0.542. The predicted molar refractivity (Wildman–Crippen MR) is 53.8 cm³/mol. The molecule has 1 heterocycles. The lowest BCUT2D eigenvalue weighted by Crippen LogP contribution is -2.40. The van der Waals surface area contributed by atoms with Gasteiger partial charge in [0.05, 0.1) is 24.5 Å². The van der Waals surface area contributed by atoms with Gasteiger partial charge in [0.1, 0.15) is 0 Å². The molecule has 4 nitrogen and oxygen atoms in total. The van der Waals surface area contributed by atoms with Gasteiger partial charge < -0.3 is 5.11 Å². The Morgan fingerprint density at radius 2 is 1.73 bits per heavy atom. The Hall–Kier alpha value is -0.900. The van der Waals surface area contributed by atoms with E-state index in [1.165, 1.54) is 4.90 Å². The summed E-state index contributed by atoms with van der Waals surface area (Å²) in [4.78, 5) is 25.2. The number of hydrogen-bond acceptors (Lipinski definition) is 3. The third kappa shape index (κ3) is 1.57. The second kappa shape index (κ2) is 3.93. The Bertz CT molecular complexity index is 266. The quantitative estimate of drug-likeness (QED) is 0.678. The van der Waals surface area contributed by atoms with Gasteiger partial charge in [0.25, 0.3) is 0 Å². The van der Waals surface area contributed by atoms with Gasteiger partial charge in [0.2, 0.25) is 11.8 Å². The normalized spacial score (nSPS) is 33.1. The number of carbonyl (C=O) groups is 2. The lowest BCUT2D eigenvalue weighted by molar-refractivity contribution is -0.143. The van der Waals surface area contributed by atoms with Crippen LogP contribution >= 0.6 is 0 Å². The van der Waals surface area contributed by atoms with E-state index in [1.807, 2.05) is 0 Å². The molecule has 0 bridgehead atoms. The number of carbonyl (C=O) groups excluding carboxylic acids is 2. The number of rotatable bonds is 2. The van der Waals surface area contributed by atoms with E-state index in [0.717, 1.165) is 25.7 Å². The van der Waals surface area contributed by atoms with Gasteiger partial charge in [-0.2, -0.15) is 0 Å². The molecule has 1 aliphatic heterocycles. The molecule has 0 spiro atoms. The Morgan fingerprint density at radius 3 is 2.13 bits per heavy atom. The Balaban J connectivity index is 2.21. The summed E-state index contributed by atoms with van der Waals surface area (Å²) in [7, 11) is 0. The average molecular weight is 211 g/mol. The minimum absolute atomic E-state index is 0.0637. The molecule has 2 aliphatic rings. The first kappa shape index (κ1) is 10.6. The number of nitrogens with zero attached hydrogens (tertiary/aromatic N) is 1. The zero-order valence-electron chi connectivity index (χ0n) is 8.98. The SMILES string of the molecule is C[C@H](CO)N1C(=O)C2CCCCC2C1=O. The lowest BCUT2D eigenvalue weighted by Gasteiger charge is -2.20. The molecule has 4 heteroatoms. The van der Waals surface area contributed by atoms with Crippen molar-refractivity contribution in [2.45, 2.75) is 38.6 Å². The molecule has 2 rings (SSSR count). The summed E-state index contributed by atoms with van der Waals surface area (Å²) in [6.07, 6.45) is 3.76.